The molecule has 3 rings (SSSR count). The monoisotopic (exact) mass is 374 g/mol. The Morgan fingerprint density at radius 1 is 1.00 bits per heavy atom. The molecule has 5 nitrogen and oxygen atoms in total. The number of carbonyl (C=O) groups is 1. The third-order valence-corrected chi connectivity index (χ3v) is 3.68. The molecule has 0 saturated heterocycles. The van der Waals surface area contributed by atoms with Crippen molar-refractivity contribution in [2.45, 2.75) is 6.61 Å². The topological polar surface area (TPSA) is 65.2 Å². The molecule has 0 atom stereocenters. The Kier molecular flexibility index (Phi) is 5.48. The second-order valence-electron chi connectivity index (χ2n) is 5.00. The van der Waals surface area contributed by atoms with Gasteiger partial charge in [-0.2, -0.15) is 0 Å². The SMILES string of the molecule is O=C(C=Cc1ccc(Cl)cc1)OCc1nnc(-c2ccc(Cl)cc2)o1. The molecule has 126 valence electrons. The Morgan fingerprint density at radius 3 is 2.32 bits per heavy atom. The summed E-state index contributed by atoms with van der Waals surface area (Å²) in [5.74, 6) is 0.0267. The quantitative estimate of drug-likeness (QED) is 0.473. The molecular formula is C18H12Cl2N2O3. The lowest BCUT2D eigenvalue weighted by molar-refractivity contribution is -0.139. The number of nitrogens with zero attached hydrogens (tertiary/aromatic N) is 2. The van der Waals surface area contributed by atoms with Gasteiger partial charge in [-0.1, -0.05) is 35.3 Å². The summed E-state index contributed by atoms with van der Waals surface area (Å²) in [6, 6.07) is 14.0. The molecular weight excluding hydrogens is 363 g/mol. The molecule has 0 N–H and O–H groups in total. The van der Waals surface area contributed by atoms with Crippen molar-refractivity contribution in [3.8, 4) is 11.5 Å². The fourth-order valence-electron chi connectivity index (χ4n) is 1.94. The van der Waals surface area contributed by atoms with Crippen LogP contribution in [0.15, 0.2) is 59.0 Å². The zero-order valence-corrected chi connectivity index (χ0v) is 14.4. The molecule has 7 heteroatoms. The first-order valence-corrected chi connectivity index (χ1v) is 8.04. The largest absolute Gasteiger partial charge is 0.452 e. The van der Waals surface area contributed by atoms with E-state index >= 15 is 0 Å². The molecule has 0 radical (unpaired) electrons. The van der Waals surface area contributed by atoms with Crippen LogP contribution in [0, 0.1) is 0 Å². The number of ether oxygens (including phenoxy) is 1. The lowest BCUT2D eigenvalue weighted by Gasteiger charge is -1.98. The van der Waals surface area contributed by atoms with Gasteiger partial charge in [-0.05, 0) is 48.0 Å². The number of benzene rings is 2. The molecule has 2 aromatic carbocycles. The minimum Gasteiger partial charge on any atom is -0.452 e. The van der Waals surface area contributed by atoms with Crippen molar-refractivity contribution in [3.05, 3.63) is 76.1 Å². The van der Waals surface area contributed by atoms with E-state index in [9.17, 15) is 4.79 Å². The fourth-order valence-corrected chi connectivity index (χ4v) is 2.19. The molecule has 0 aliphatic rings. The predicted octanol–water partition coefficient (Wildman–Crippen LogP) is 4.80. The van der Waals surface area contributed by atoms with Crippen LogP contribution < -0.4 is 0 Å². The van der Waals surface area contributed by atoms with Crippen LogP contribution in [-0.4, -0.2) is 16.2 Å². The molecule has 1 aromatic heterocycles. The molecule has 0 aliphatic carbocycles. The number of halogens is 2. The van der Waals surface area contributed by atoms with E-state index in [1.807, 2.05) is 0 Å². The highest BCUT2D eigenvalue weighted by molar-refractivity contribution is 6.30. The summed E-state index contributed by atoms with van der Waals surface area (Å²) < 4.78 is 10.5. The molecule has 25 heavy (non-hydrogen) atoms. The maximum absolute atomic E-state index is 11.7. The van der Waals surface area contributed by atoms with E-state index < -0.39 is 5.97 Å². The van der Waals surface area contributed by atoms with Crippen LogP contribution in [0.3, 0.4) is 0 Å². The van der Waals surface area contributed by atoms with Gasteiger partial charge in [0.1, 0.15) is 0 Å². The first-order chi connectivity index (χ1) is 12.1. The van der Waals surface area contributed by atoms with Gasteiger partial charge >= 0.3 is 5.97 Å². The van der Waals surface area contributed by atoms with Crippen molar-refractivity contribution in [3.63, 3.8) is 0 Å². The normalized spacial score (nSPS) is 11.0. The van der Waals surface area contributed by atoms with Crippen LogP contribution in [0.25, 0.3) is 17.5 Å². The Morgan fingerprint density at radius 2 is 1.64 bits per heavy atom. The Hall–Kier alpha value is -2.63. The number of aromatic nitrogens is 2. The Labute approximate surface area is 153 Å². The van der Waals surface area contributed by atoms with Gasteiger partial charge in [0.05, 0.1) is 0 Å². The Balaban J connectivity index is 1.55. The minimum absolute atomic E-state index is 0.107. The molecule has 0 bridgehead atoms. The van der Waals surface area contributed by atoms with Crippen molar-refractivity contribution in [2.24, 2.45) is 0 Å². The van der Waals surface area contributed by atoms with Crippen LogP contribution in [0.4, 0.5) is 0 Å². The number of hydrogen-bond acceptors (Lipinski definition) is 5. The standard InChI is InChI=1S/C18H12Cl2N2O3/c19-14-6-1-12(2-7-14)3-10-17(23)24-11-16-21-22-18(25-16)13-4-8-15(20)9-5-13/h1-10H,11H2. The number of rotatable bonds is 5. The van der Waals surface area contributed by atoms with E-state index in [0.717, 1.165) is 11.1 Å². The lowest BCUT2D eigenvalue weighted by Crippen LogP contribution is -2.00. The van der Waals surface area contributed by atoms with Crippen LogP contribution in [-0.2, 0) is 16.1 Å². The van der Waals surface area contributed by atoms with Crippen molar-refractivity contribution >= 4 is 35.2 Å². The van der Waals surface area contributed by atoms with Crippen LogP contribution in [0.5, 0.6) is 0 Å². The second-order valence-corrected chi connectivity index (χ2v) is 5.87. The highest BCUT2D eigenvalue weighted by Crippen LogP contribution is 2.20. The van der Waals surface area contributed by atoms with Crippen molar-refractivity contribution < 1.29 is 13.9 Å². The summed E-state index contributed by atoms with van der Waals surface area (Å²) in [6.07, 6.45) is 2.95. The van der Waals surface area contributed by atoms with Gasteiger partial charge in [0.15, 0.2) is 6.61 Å². The molecule has 0 spiro atoms. The fraction of sp³-hybridized carbons (Fsp3) is 0.0556. The molecule has 0 saturated carbocycles. The van der Waals surface area contributed by atoms with Crippen LogP contribution in [0.1, 0.15) is 11.5 Å². The van der Waals surface area contributed by atoms with Gasteiger partial charge in [-0.3, -0.25) is 0 Å². The molecule has 0 aliphatic heterocycles. The van der Waals surface area contributed by atoms with Gasteiger partial charge in [-0.15, -0.1) is 10.2 Å². The predicted molar refractivity (Wildman–Crippen MR) is 95.0 cm³/mol. The molecule has 1 heterocycles. The van der Waals surface area contributed by atoms with E-state index in [-0.39, 0.29) is 12.5 Å². The zero-order valence-electron chi connectivity index (χ0n) is 12.9. The molecule has 3 aromatic rings. The van der Waals surface area contributed by atoms with E-state index in [4.69, 9.17) is 32.4 Å². The summed E-state index contributed by atoms with van der Waals surface area (Å²) in [5, 5.41) is 9.01. The molecule has 0 amide bonds. The van der Waals surface area contributed by atoms with Gasteiger partial charge in [0.2, 0.25) is 5.89 Å². The Bertz CT molecular complexity index is 887. The summed E-state index contributed by atoms with van der Waals surface area (Å²) in [6.45, 7) is -0.107. The lowest BCUT2D eigenvalue weighted by atomic mass is 10.2. The van der Waals surface area contributed by atoms with Crippen molar-refractivity contribution in [2.75, 3.05) is 0 Å². The molecule has 0 unspecified atom stereocenters. The summed E-state index contributed by atoms with van der Waals surface area (Å²) >= 11 is 11.6. The number of hydrogen-bond donors (Lipinski definition) is 0. The van der Waals surface area contributed by atoms with E-state index in [1.165, 1.54) is 6.08 Å². The maximum atomic E-state index is 11.7. The maximum Gasteiger partial charge on any atom is 0.331 e. The minimum atomic E-state index is -0.513. The van der Waals surface area contributed by atoms with E-state index in [2.05, 4.69) is 10.2 Å². The first kappa shape index (κ1) is 17.2. The van der Waals surface area contributed by atoms with Gasteiger partial charge in [0, 0.05) is 21.7 Å². The van der Waals surface area contributed by atoms with Gasteiger partial charge in [-0.25, -0.2) is 4.79 Å². The van der Waals surface area contributed by atoms with Crippen molar-refractivity contribution in [1.82, 2.24) is 10.2 Å². The number of esters is 1. The summed E-state index contributed by atoms with van der Waals surface area (Å²) in [5.41, 5.74) is 1.57. The highest BCUT2D eigenvalue weighted by atomic mass is 35.5. The third-order valence-electron chi connectivity index (χ3n) is 3.18. The van der Waals surface area contributed by atoms with Crippen molar-refractivity contribution in [1.29, 1.82) is 0 Å². The smallest absolute Gasteiger partial charge is 0.331 e. The second kappa shape index (κ2) is 7.96. The van der Waals surface area contributed by atoms with Gasteiger partial charge in [0.25, 0.3) is 5.89 Å². The highest BCUT2D eigenvalue weighted by Gasteiger charge is 2.10. The van der Waals surface area contributed by atoms with E-state index in [1.54, 1.807) is 54.6 Å². The van der Waals surface area contributed by atoms with E-state index in [0.29, 0.717) is 15.9 Å². The summed E-state index contributed by atoms with van der Waals surface area (Å²) in [7, 11) is 0. The third kappa shape index (κ3) is 4.92. The number of carbonyl (C=O) groups excluding carboxylic acids is 1. The summed E-state index contributed by atoms with van der Waals surface area (Å²) in [4.78, 5) is 11.7. The zero-order chi connectivity index (χ0) is 17.6. The van der Waals surface area contributed by atoms with Crippen LogP contribution >= 0.6 is 23.2 Å². The molecule has 0 fully saturated rings. The average molecular weight is 375 g/mol. The van der Waals surface area contributed by atoms with Crippen LogP contribution in [0.2, 0.25) is 10.0 Å². The first-order valence-electron chi connectivity index (χ1n) is 7.29. The average Bonchev–Trinajstić information content (AvgIpc) is 3.09. The van der Waals surface area contributed by atoms with Gasteiger partial charge < -0.3 is 9.15 Å².